The molecule has 0 saturated carbocycles. The van der Waals surface area contributed by atoms with Crippen molar-refractivity contribution in [3.63, 3.8) is 0 Å². The minimum atomic E-state index is -3.50. The second-order valence-electron chi connectivity index (χ2n) is 6.14. The van der Waals surface area contributed by atoms with Crippen LogP contribution >= 0.6 is 15.9 Å². The molecule has 2 fully saturated rings. The fraction of sp³-hybridized carbons (Fsp3) is 0.562. The number of ether oxygens (including phenoxy) is 1. The van der Waals surface area contributed by atoms with E-state index in [1.54, 1.807) is 24.3 Å². The number of sulfonamides is 1. The SMILES string of the molecule is CCC1COC(=O)N1C1CCN(S(=O)(=O)c2cccc(Br)c2)CC1. The minimum Gasteiger partial charge on any atom is -0.447 e. The van der Waals surface area contributed by atoms with Gasteiger partial charge in [-0.1, -0.05) is 28.9 Å². The number of cyclic esters (lactones) is 1. The van der Waals surface area contributed by atoms with Crippen LogP contribution in [-0.2, 0) is 14.8 Å². The lowest BCUT2D eigenvalue weighted by Crippen LogP contribution is -2.49. The zero-order chi connectivity index (χ0) is 17.3. The molecule has 1 amide bonds. The van der Waals surface area contributed by atoms with Gasteiger partial charge in [-0.3, -0.25) is 4.90 Å². The number of nitrogens with zero attached hydrogens (tertiary/aromatic N) is 2. The van der Waals surface area contributed by atoms with E-state index in [-0.39, 0.29) is 18.2 Å². The third-order valence-corrected chi connectivity index (χ3v) is 7.11. The van der Waals surface area contributed by atoms with E-state index in [4.69, 9.17) is 4.74 Å². The van der Waals surface area contributed by atoms with Crippen molar-refractivity contribution in [2.24, 2.45) is 0 Å². The van der Waals surface area contributed by atoms with Crippen LogP contribution in [-0.4, -0.2) is 55.5 Å². The van der Waals surface area contributed by atoms with Gasteiger partial charge in [0, 0.05) is 23.6 Å². The average Bonchev–Trinajstić information content (AvgIpc) is 2.95. The van der Waals surface area contributed by atoms with Gasteiger partial charge in [0.1, 0.15) is 6.61 Å². The molecule has 2 aliphatic rings. The zero-order valence-electron chi connectivity index (χ0n) is 13.5. The van der Waals surface area contributed by atoms with Gasteiger partial charge in [-0.2, -0.15) is 4.31 Å². The van der Waals surface area contributed by atoms with E-state index in [0.29, 0.717) is 37.4 Å². The summed E-state index contributed by atoms with van der Waals surface area (Å²) in [6.45, 7) is 3.30. The molecule has 1 atom stereocenters. The van der Waals surface area contributed by atoms with E-state index >= 15 is 0 Å². The van der Waals surface area contributed by atoms with Gasteiger partial charge >= 0.3 is 6.09 Å². The summed E-state index contributed by atoms with van der Waals surface area (Å²) in [4.78, 5) is 14.0. The highest BCUT2D eigenvalue weighted by Gasteiger charge is 2.40. The van der Waals surface area contributed by atoms with Crippen LogP contribution in [0.25, 0.3) is 0 Å². The van der Waals surface area contributed by atoms with Gasteiger partial charge in [-0.05, 0) is 37.5 Å². The lowest BCUT2D eigenvalue weighted by Gasteiger charge is -2.37. The first kappa shape index (κ1) is 17.7. The molecule has 24 heavy (non-hydrogen) atoms. The van der Waals surface area contributed by atoms with Crippen molar-refractivity contribution in [3.8, 4) is 0 Å². The van der Waals surface area contributed by atoms with E-state index in [0.717, 1.165) is 10.9 Å². The Morgan fingerprint density at radius 1 is 1.29 bits per heavy atom. The molecule has 1 aromatic rings. The first-order valence-electron chi connectivity index (χ1n) is 8.14. The largest absolute Gasteiger partial charge is 0.447 e. The van der Waals surface area contributed by atoms with Gasteiger partial charge < -0.3 is 4.74 Å². The van der Waals surface area contributed by atoms with E-state index in [1.807, 2.05) is 11.8 Å². The molecule has 0 bridgehead atoms. The molecule has 0 radical (unpaired) electrons. The molecule has 8 heteroatoms. The van der Waals surface area contributed by atoms with E-state index in [1.165, 1.54) is 4.31 Å². The topological polar surface area (TPSA) is 66.9 Å². The maximum atomic E-state index is 12.8. The molecule has 0 spiro atoms. The standard InChI is InChI=1S/C16H21BrN2O4S/c1-2-13-11-23-16(20)19(13)14-6-8-18(9-7-14)24(21,22)15-5-3-4-12(17)10-15/h3-5,10,13-14H,2,6-9,11H2,1H3. The Morgan fingerprint density at radius 2 is 2.00 bits per heavy atom. The van der Waals surface area contributed by atoms with Crippen molar-refractivity contribution in [2.75, 3.05) is 19.7 Å². The van der Waals surface area contributed by atoms with Crippen LogP contribution in [0, 0.1) is 0 Å². The molecule has 2 heterocycles. The van der Waals surface area contributed by atoms with Crippen molar-refractivity contribution in [1.29, 1.82) is 0 Å². The first-order valence-corrected chi connectivity index (χ1v) is 10.4. The highest BCUT2D eigenvalue weighted by atomic mass is 79.9. The third kappa shape index (κ3) is 3.32. The monoisotopic (exact) mass is 416 g/mol. The van der Waals surface area contributed by atoms with Crippen LogP contribution in [0.4, 0.5) is 4.79 Å². The molecule has 1 aromatic carbocycles. The zero-order valence-corrected chi connectivity index (χ0v) is 15.9. The number of amides is 1. The van der Waals surface area contributed by atoms with Crippen molar-refractivity contribution >= 4 is 32.0 Å². The Hall–Kier alpha value is -1.12. The molecular formula is C16H21BrN2O4S. The smallest absolute Gasteiger partial charge is 0.410 e. The second kappa shape index (κ2) is 7.01. The van der Waals surface area contributed by atoms with Crippen molar-refractivity contribution < 1.29 is 17.9 Å². The average molecular weight is 417 g/mol. The maximum absolute atomic E-state index is 12.8. The number of hydrogen-bond donors (Lipinski definition) is 0. The highest BCUT2D eigenvalue weighted by molar-refractivity contribution is 9.10. The van der Waals surface area contributed by atoms with Gasteiger partial charge in [0.15, 0.2) is 0 Å². The molecule has 6 nitrogen and oxygen atoms in total. The highest BCUT2D eigenvalue weighted by Crippen LogP contribution is 2.28. The summed E-state index contributed by atoms with van der Waals surface area (Å²) in [7, 11) is -3.50. The summed E-state index contributed by atoms with van der Waals surface area (Å²) in [5.74, 6) is 0. The molecule has 2 aliphatic heterocycles. The third-order valence-electron chi connectivity index (χ3n) is 4.73. The van der Waals surface area contributed by atoms with Gasteiger partial charge in [-0.25, -0.2) is 13.2 Å². The van der Waals surface area contributed by atoms with Gasteiger partial charge in [-0.15, -0.1) is 0 Å². The van der Waals surface area contributed by atoms with Crippen molar-refractivity contribution in [2.45, 2.75) is 43.2 Å². The predicted octanol–water partition coefficient (Wildman–Crippen LogP) is 2.83. The fourth-order valence-electron chi connectivity index (χ4n) is 3.37. The maximum Gasteiger partial charge on any atom is 0.410 e. The number of halogens is 1. The van der Waals surface area contributed by atoms with E-state index < -0.39 is 10.0 Å². The lowest BCUT2D eigenvalue weighted by atomic mass is 10.0. The molecule has 132 valence electrons. The molecular weight excluding hydrogens is 396 g/mol. The Morgan fingerprint density at radius 3 is 2.62 bits per heavy atom. The summed E-state index contributed by atoms with van der Waals surface area (Å²) in [6, 6.07) is 6.91. The van der Waals surface area contributed by atoms with E-state index in [2.05, 4.69) is 15.9 Å². The Bertz CT molecular complexity index is 717. The lowest BCUT2D eigenvalue weighted by molar-refractivity contribution is 0.124. The molecule has 1 unspecified atom stereocenters. The van der Waals surface area contributed by atoms with Crippen molar-refractivity contribution in [1.82, 2.24) is 9.21 Å². The molecule has 3 rings (SSSR count). The van der Waals surface area contributed by atoms with Crippen LogP contribution < -0.4 is 0 Å². The first-order chi connectivity index (χ1) is 11.4. The van der Waals surface area contributed by atoms with Crippen LogP contribution in [0.5, 0.6) is 0 Å². The summed E-state index contributed by atoms with van der Waals surface area (Å²) < 4.78 is 32.9. The number of hydrogen-bond acceptors (Lipinski definition) is 4. The van der Waals surface area contributed by atoms with Crippen LogP contribution in [0.2, 0.25) is 0 Å². The van der Waals surface area contributed by atoms with Crippen LogP contribution in [0.1, 0.15) is 26.2 Å². The minimum absolute atomic E-state index is 0.0545. The number of piperidine rings is 1. The Balaban J connectivity index is 1.70. The summed E-state index contributed by atoms with van der Waals surface area (Å²) >= 11 is 3.31. The van der Waals surface area contributed by atoms with Gasteiger partial charge in [0.2, 0.25) is 10.0 Å². The molecule has 0 N–H and O–H groups in total. The fourth-order valence-corrected chi connectivity index (χ4v) is 5.44. The van der Waals surface area contributed by atoms with Crippen LogP contribution in [0.3, 0.4) is 0 Å². The van der Waals surface area contributed by atoms with Gasteiger partial charge in [0.25, 0.3) is 0 Å². The summed E-state index contributed by atoms with van der Waals surface area (Å²) in [5, 5.41) is 0. The number of benzene rings is 1. The number of carbonyl (C=O) groups excluding carboxylic acids is 1. The van der Waals surface area contributed by atoms with Crippen LogP contribution in [0.15, 0.2) is 33.6 Å². The van der Waals surface area contributed by atoms with Gasteiger partial charge in [0.05, 0.1) is 10.9 Å². The van der Waals surface area contributed by atoms with Crippen molar-refractivity contribution in [3.05, 3.63) is 28.7 Å². The molecule has 0 aromatic heterocycles. The quantitative estimate of drug-likeness (QED) is 0.756. The normalized spacial score (nSPS) is 23.5. The number of carbonyl (C=O) groups is 1. The summed E-state index contributed by atoms with van der Waals surface area (Å²) in [5.41, 5.74) is 0. The van der Waals surface area contributed by atoms with E-state index in [9.17, 15) is 13.2 Å². The predicted molar refractivity (Wildman–Crippen MR) is 93.2 cm³/mol. The molecule has 2 saturated heterocycles. The molecule has 0 aliphatic carbocycles. The summed E-state index contributed by atoms with van der Waals surface area (Å²) in [6.07, 6.45) is 1.86. The second-order valence-corrected chi connectivity index (χ2v) is 8.99. The Kier molecular flexibility index (Phi) is 5.17. The number of rotatable bonds is 4. The Labute approximate surface area is 150 Å².